The topological polar surface area (TPSA) is 113 Å². The summed E-state index contributed by atoms with van der Waals surface area (Å²) in [5, 5.41) is 11.6. The molecule has 0 aromatic heterocycles. The normalized spacial score (nSPS) is 12.8. The smallest absolute Gasteiger partial charge is 0.335 e. The van der Waals surface area contributed by atoms with Crippen molar-refractivity contribution in [3.05, 3.63) is 53.6 Å². The molecule has 0 unspecified atom stereocenters. The van der Waals surface area contributed by atoms with Gasteiger partial charge in [-0.1, -0.05) is 6.07 Å². The van der Waals surface area contributed by atoms with E-state index in [0.29, 0.717) is 22.7 Å². The Morgan fingerprint density at radius 3 is 2.64 bits per heavy atom. The van der Waals surface area contributed by atoms with E-state index in [0.717, 1.165) is 0 Å². The second-order valence-electron chi connectivity index (χ2n) is 6.26. The minimum Gasteiger partial charge on any atom is -0.482 e. The van der Waals surface area contributed by atoms with Gasteiger partial charge in [0.15, 0.2) is 12.4 Å². The molecule has 2 aromatic rings. The van der Waals surface area contributed by atoms with Crippen molar-refractivity contribution in [3.8, 4) is 5.75 Å². The second-order valence-corrected chi connectivity index (χ2v) is 6.26. The molecule has 2 N–H and O–H groups in total. The molecule has 144 valence electrons. The van der Waals surface area contributed by atoms with Gasteiger partial charge in [-0.2, -0.15) is 0 Å². The molecule has 0 radical (unpaired) electrons. The maximum absolute atomic E-state index is 12.2. The fourth-order valence-corrected chi connectivity index (χ4v) is 2.83. The molecule has 8 heteroatoms. The number of carbonyl (C=O) groups excluding carboxylic acids is 3. The first-order valence-electron chi connectivity index (χ1n) is 8.56. The van der Waals surface area contributed by atoms with Crippen LogP contribution in [0, 0.1) is 0 Å². The molecule has 2 amide bonds. The number of ether oxygens (including phenoxy) is 1. The Morgan fingerprint density at radius 1 is 1.14 bits per heavy atom. The molecule has 8 nitrogen and oxygen atoms in total. The number of benzene rings is 2. The highest BCUT2D eigenvalue weighted by Gasteiger charge is 2.26. The van der Waals surface area contributed by atoms with E-state index in [2.05, 4.69) is 5.32 Å². The van der Waals surface area contributed by atoms with Gasteiger partial charge in [0, 0.05) is 24.2 Å². The van der Waals surface area contributed by atoms with E-state index in [4.69, 9.17) is 9.84 Å². The van der Waals surface area contributed by atoms with Gasteiger partial charge >= 0.3 is 5.97 Å². The van der Waals surface area contributed by atoms with Gasteiger partial charge in [0.2, 0.25) is 5.91 Å². The Hall–Kier alpha value is -3.68. The number of nitrogens with one attached hydrogen (secondary N) is 1. The molecule has 0 fully saturated rings. The summed E-state index contributed by atoms with van der Waals surface area (Å²) in [4.78, 5) is 48.5. The number of hydrogen-bond donors (Lipinski definition) is 2. The van der Waals surface area contributed by atoms with Crippen molar-refractivity contribution in [1.29, 1.82) is 0 Å². The number of rotatable bonds is 6. The zero-order valence-corrected chi connectivity index (χ0v) is 15.1. The highest BCUT2D eigenvalue weighted by atomic mass is 16.5. The van der Waals surface area contributed by atoms with Crippen LogP contribution in [0.3, 0.4) is 0 Å². The SMILES string of the molecule is CC(=O)c1ccc2c(c1)N(CCC(=O)Nc1cccc(C(=O)O)c1)C(=O)CO2. The van der Waals surface area contributed by atoms with E-state index in [1.807, 2.05) is 0 Å². The summed E-state index contributed by atoms with van der Waals surface area (Å²) >= 11 is 0. The van der Waals surface area contributed by atoms with Crippen molar-refractivity contribution in [2.24, 2.45) is 0 Å². The van der Waals surface area contributed by atoms with Crippen molar-refractivity contribution in [1.82, 2.24) is 0 Å². The van der Waals surface area contributed by atoms with E-state index < -0.39 is 5.97 Å². The van der Waals surface area contributed by atoms with Crippen molar-refractivity contribution in [2.75, 3.05) is 23.4 Å². The first-order chi connectivity index (χ1) is 13.3. The minimum atomic E-state index is -1.09. The van der Waals surface area contributed by atoms with Gasteiger partial charge in [-0.15, -0.1) is 0 Å². The van der Waals surface area contributed by atoms with Crippen LogP contribution in [0.2, 0.25) is 0 Å². The van der Waals surface area contributed by atoms with E-state index in [9.17, 15) is 19.2 Å². The van der Waals surface area contributed by atoms with Crippen LogP contribution in [-0.4, -0.2) is 41.8 Å². The van der Waals surface area contributed by atoms with E-state index in [-0.39, 0.29) is 42.7 Å². The summed E-state index contributed by atoms with van der Waals surface area (Å²) in [5.41, 5.74) is 1.31. The van der Waals surface area contributed by atoms with Crippen LogP contribution in [0.5, 0.6) is 5.75 Å². The molecule has 3 rings (SSSR count). The largest absolute Gasteiger partial charge is 0.482 e. The quantitative estimate of drug-likeness (QED) is 0.742. The summed E-state index contributed by atoms with van der Waals surface area (Å²) < 4.78 is 5.38. The lowest BCUT2D eigenvalue weighted by Crippen LogP contribution is -2.40. The summed E-state index contributed by atoms with van der Waals surface area (Å²) in [6.07, 6.45) is -0.00716. The number of carboxylic acid groups (broad SMARTS) is 1. The average Bonchev–Trinajstić information content (AvgIpc) is 2.66. The van der Waals surface area contributed by atoms with Crippen molar-refractivity contribution in [2.45, 2.75) is 13.3 Å². The van der Waals surface area contributed by atoms with E-state index in [1.54, 1.807) is 24.3 Å². The Bertz CT molecular complexity index is 969. The number of aromatic carboxylic acids is 1. The predicted molar refractivity (Wildman–Crippen MR) is 101 cm³/mol. The van der Waals surface area contributed by atoms with Crippen LogP contribution in [0.25, 0.3) is 0 Å². The standard InChI is InChI=1S/C20H18N2O6/c1-12(23)13-5-6-17-16(10-13)22(19(25)11-28-17)8-7-18(24)21-15-4-2-3-14(9-15)20(26)27/h2-6,9-10H,7-8,11H2,1H3,(H,21,24)(H,26,27). The summed E-state index contributed by atoms with van der Waals surface area (Å²) in [7, 11) is 0. The molecule has 1 aliphatic heterocycles. The molecule has 0 bridgehead atoms. The molecule has 28 heavy (non-hydrogen) atoms. The van der Waals surface area contributed by atoms with Crippen LogP contribution in [0.15, 0.2) is 42.5 Å². The lowest BCUT2D eigenvalue weighted by atomic mass is 10.1. The molecule has 2 aromatic carbocycles. The first-order valence-corrected chi connectivity index (χ1v) is 8.56. The average molecular weight is 382 g/mol. The number of amides is 2. The van der Waals surface area contributed by atoms with E-state index >= 15 is 0 Å². The zero-order chi connectivity index (χ0) is 20.3. The maximum atomic E-state index is 12.2. The van der Waals surface area contributed by atoms with Crippen LogP contribution < -0.4 is 15.0 Å². The highest BCUT2D eigenvalue weighted by molar-refractivity contribution is 6.02. The molecule has 0 saturated carbocycles. The number of hydrogen-bond acceptors (Lipinski definition) is 5. The maximum Gasteiger partial charge on any atom is 0.335 e. The summed E-state index contributed by atoms with van der Waals surface area (Å²) in [6.45, 7) is 1.38. The van der Waals surface area contributed by atoms with Gasteiger partial charge in [-0.25, -0.2) is 4.79 Å². The molecule has 0 aliphatic carbocycles. The number of carbonyl (C=O) groups is 4. The monoisotopic (exact) mass is 382 g/mol. The van der Waals surface area contributed by atoms with Gasteiger partial charge in [0.25, 0.3) is 5.91 Å². The molecule has 0 atom stereocenters. The van der Waals surface area contributed by atoms with Gasteiger partial charge < -0.3 is 20.1 Å². The first kappa shape index (κ1) is 19.1. The molecule has 1 aliphatic rings. The van der Waals surface area contributed by atoms with Gasteiger partial charge in [0.1, 0.15) is 5.75 Å². The van der Waals surface area contributed by atoms with Crippen LogP contribution in [-0.2, 0) is 9.59 Å². The summed E-state index contributed by atoms with van der Waals surface area (Å²) in [6, 6.07) is 10.7. The van der Waals surface area contributed by atoms with Crippen LogP contribution in [0.4, 0.5) is 11.4 Å². The lowest BCUT2D eigenvalue weighted by Gasteiger charge is -2.29. The molecular weight excluding hydrogens is 364 g/mol. The fourth-order valence-electron chi connectivity index (χ4n) is 2.83. The van der Waals surface area contributed by atoms with E-state index in [1.165, 1.54) is 30.0 Å². The van der Waals surface area contributed by atoms with Crippen molar-refractivity contribution < 1.29 is 29.0 Å². The number of nitrogens with zero attached hydrogens (tertiary/aromatic N) is 1. The lowest BCUT2D eigenvalue weighted by molar-refractivity contribution is -0.121. The predicted octanol–water partition coefficient (Wildman–Crippen LogP) is 2.34. The second kappa shape index (κ2) is 7.91. The Kier molecular flexibility index (Phi) is 5.39. The van der Waals surface area contributed by atoms with Crippen molar-refractivity contribution in [3.63, 3.8) is 0 Å². The highest BCUT2D eigenvalue weighted by Crippen LogP contribution is 2.33. The van der Waals surface area contributed by atoms with Crippen LogP contribution in [0.1, 0.15) is 34.1 Å². The third-order valence-electron chi connectivity index (χ3n) is 4.26. The molecule has 0 spiro atoms. The Morgan fingerprint density at radius 2 is 1.93 bits per heavy atom. The van der Waals surface area contributed by atoms with Gasteiger partial charge in [0.05, 0.1) is 11.3 Å². The number of anilines is 2. The Labute approximate surface area is 160 Å². The molecule has 0 saturated heterocycles. The summed E-state index contributed by atoms with van der Waals surface area (Å²) in [5.74, 6) is -1.44. The third-order valence-corrected chi connectivity index (χ3v) is 4.26. The minimum absolute atomic E-state index is 0.00716. The van der Waals surface area contributed by atoms with Gasteiger partial charge in [-0.3, -0.25) is 14.4 Å². The van der Waals surface area contributed by atoms with Gasteiger partial charge in [-0.05, 0) is 43.3 Å². The third kappa shape index (κ3) is 4.17. The Balaban J connectivity index is 1.70. The fraction of sp³-hybridized carbons (Fsp3) is 0.200. The molecular formula is C20H18N2O6. The number of carboxylic acids is 1. The van der Waals surface area contributed by atoms with Crippen molar-refractivity contribution >= 4 is 34.9 Å². The molecule has 1 heterocycles. The number of ketones is 1. The van der Waals surface area contributed by atoms with Crippen LogP contribution >= 0.6 is 0 Å². The zero-order valence-electron chi connectivity index (χ0n) is 15.1. The number of Topliss-reactive ketones (excluding diaryl/α,β-unsaturated/α-hetero) is 1. The number of fused-ring (bicyclic) bond motifs is 1.